The van der Waals surface area contributed by atoms with Crippen LogP contribution in [0.4, 0.5) is 4.39 Å². The highest BCUT2D eigenvalue weighted by Gasteiger charge is 2.11. The molecule has 19 heavy (non-hydrogen) atoms. The first-order chi connectivity index (χ1) is 9.08. The first kappa shape index (κ1) is 14.3. The molecule has 0 aliphatic rings. The predicted molar refractivity (Wildman–Crippen MR) is 82.6 cm³/mol. The van der Waals surface area contributed by atoms with Gasteiger partial charge in [-0.1, -0.05) is 57.4 Å². The molecule has 0 spiro atoms. The number of aryl methyl sites for hydroxylation is 2. The van der Waals surface area contributed by atoms with Crippen LogP contribution in [0.25, 0.3) is 0 Å². The molecule has 0 bridgehead atoms. The van der Waals surface area contributed by atoms with Gasteiger partial charge >= 0.3 is 0 Å². The monoisotopic (exact) mass is 320 g/mol. The molecule has 1 unspecified atom stereocenters. The van der Waals surface area contributed by atoms with E-state index in [0.29, 0.717) is 5.92 Å². The van der Waals surface area contributed by atoms with E-state index in [1.165, 1.54) is 34.4 Å². The lowest BCUT2D eigenvalue weighted by Gasteiger charge is -2.15. The topological polar surface area (TPSA) is 0 Å². The van der Waals surface area contributed by atoms with E-state index in [4.69, 9.17) is 0 Å². The molecule has 0 radical (unpaired) electrons. The van der Waals surface area contributed by atoms with E-state index in [0.717, 1.165) is 11.8 Å². The van der Waals surface area contributed by atoms with Crippen LogP contribution in [0.5, 0.6) is 0 Å². The summed E-state index contributed by atoms with van der Waals surface area (Å²) in [5.74, 6) is 0.199. The number of hydrogen-bond donors (Lipinski definition) is 0. The van der Waals surface area contributed by atoms with Gasteiger partial charge in [-0.25, -0.2) is 4.39 Å². The first-order valence-electron chi connectivity index (χ1n) is 6.47. The number of alkyl halides is 1. The summed E-state index contributed by atoms with van der Waals surface area (Å²) in [7, 11) is 0. The quantitative estimate of drug-likeness (QED) is 0.682. The fourth-order valence-electron chi connectivity index (χ4n) is 2.47. The number of hydrogen-bond acceptors (Lipinski definition) is 0. The zero-order chi connectivity index (χ0) is 13.8. The Kier molecular flexibility index (Phi) is 4.76. The molecule has 1 atom stereocenters. The fraction of sp³-hybridized carbons (Fsp3) is 0.294. The van der Waals surface area contributed by atoms with Crippen LogP contribution in [0.15, 0.2) is 42.5 Å². The van der Waals surface area contributed by atoms with E-state index >= 15 is 0 Å². The van der Waals surface area contributed by atoms with Gasteiger partial charge in [0.2, 0.25) is 0 Å². The van der Waals surface area contributed by atoms with Crippen molar-refractivity contribution in [1.29, 1.82) is 0 Å². The van der Waals surface area contributed by atoms with E-state index in [1.54, 1.807) is 0 Å². The molecule has 0 saturated carbocycles. The minimum Gasteiger partial charge on any atom is -0.207 e. The Morgan fingerprint density at radius 3 is 2.11 bits per heavy atom. The van der Waals surface area contributed by atoms with Crippen LogP contribution in [0.3, 0.4) is 0 Å². The molecule has 0 aliphatic carbocycles. The SMILES string of the molecule is Cc1cc(C)cc(CC(CBr)c2ccc(F)cc2)c1. The molecule has 2 aromatic carbocycles. The molecule has 100 valence electrons. The highest BCUT2D eigenvalue weighted by molar-refractivity contribution is 9.09. The maximum absolute atomic E-state index is 13.0. The van der Waals surface area contributed by atoms with Crippen molar-refractivity contribution in [1.82, 2.24) is 0 Å². The van der Waals surface area contributed by atoms with Crippen LogP contribution in [0, 0.1) is 19.7 Å². The molecule has 0 fully saturated rings. The van der Waals surface area contributed by atoms with E-state index < -0.39 is 0 Å². The van der Waals surface area contributed by atoms with Crippen molar-refractivity contribution in [3.8, 4) is 0 Å². The van der Waals surface area contributed by atoms with Crippen molar-refractivity contribution < 1.29 is 4.39 Å². The summed E-state index contributed by atoms with van der Waals surface area (Å²) in [5.41, 5.74) is 5.11. The van der Waals surface area contributed by atoms with Crippen LogP contribution in [-0.4, -0.2) is 5.33 Å². The van der Waals surface area contributed by atoms with Crippen molar-refractivity contribution in [3.63, 3.8) is 0 Å². The second kappa shape index (κ2) is 6.33. The minimum atomic E-state index is -0.177. The number of benzene rings is 2. The highest BCUT2D eigenvalue weighted by atomic mass is 79.9. The summed E-state index contributed by atoms with van der Waals surface area (Å²) in [5, 5.41) is 0.881. The summed E-state index contributed by atoms with van der Waals surface area (Å²) >= 11 is 3.57. The van der Waals surface area contributed by atoms with Gasteiger partial charge in [-0.05, 0) is 49.4 Å². The van der Waals surface area contributed by atoms with Gasteiger partial charge in [-0.15, -0.1) is 0 Å². The molecule has 0 aromatic heterocycles. The molecule has 2 rings (SSSR count). The third kappa shape index (κ3) is 3.90. The summed E-state index contributed by atoms with van der Waals surface area (Å²) in [6, 6.07) is 13.5. The molecule has 2 aromatic rings. The normalized spacial score (nSPS) is 12.4. The Bertz CT molecular complexity index is 525. The van der Waals surface area contributed by atoms with E-state index in [2.05, 4.69) is 48.0 Å². The molecule has 0 amide bonds. The van der Waals surface area contributed by atoms with Crippen molar-refractivity contribution in [3.05, 3.63) is 70.5 Å². The number of halogens is 2. The molecule has 0 N–H and O–H groups in total. The van der Waals surface area contributed by atoms with Crippen molar-refractivity contribution in [2.45, 2.75) is 26.2 Å². The van der Waals surface area contributed by atoms with Crippen LogP contribution in [0.2, 0.25) is 0 Å². The Labute approximate surface area is 122 Å². The second-order valence-corrected chi connectivity index (χ2v) is 5.75. The third-order valence-electron chi connectivity index (χ3n) is 3.29. The third-order valence-corrected chi connectivity index (χ3v) is 4.07. The maximum atomic E-state index is 13.0. The maximum Gasteiger partial charge on any atom is 0.123 e. The van der Waals surface area contributed by atoms with Crippen LogP contribution < -0.4 is 0 Å². The van der Waals surface area contributed by atoms with Gasteiger partial charge in [0.25, 0.3) is 0 Å². The van der Waals surface area contributed by atoms with Gasteiger partial charge < -0.3 is 0 Å². The molecule has 0 heterocycles. The zero-order valence-electron chi connectivity index (χ0n) is 11.3. The van der Waals surface area contributed by atoms with Gasteiger partial charge in [0.1, 0.15) is 5.82 Å². The fourth-order valence-corrected chi connectivity index (χ4v) is 3.07. The minimum absolute atomic E-state index is 0.177. The molecule has 2 heteroatoms. The second-order valence-electron chi connectivity index (χ2n) is 5.10. The molecular formula is C17H18BrF. The summed E-state index contributed by atoms with van der Waals surface area (Å²) < 4.78 is 13.0. The Balaban J connectivity index is 2.21. The van der Waals surface area contributed by atoms with Crippen LogP contribution in [-0.2, 0) is 6.42 Å². The van der Waals surface area contributed by atoms with Gasteiger partial charge in [-0.3, -0.25) is 0 Å². The van der Waals surface area contributed by atoms with Crippen LogP contribution in [0.1, 0.15) is 28.2 Å². The Morgan fingerprint density at radius 1 is 1.00 bits per heavy atom. The van der Waals surface area contributed by atoms with Gasteiger partial charge in [0.15, 0.2) is 0 Å². The van der Waals surface area contributed by atoms with Gasteiger partial charge in [0, 0.05) is 5.33 Å². The summed E-state index contributed by atoms with van der Waals surface area (Å²) in [6.07, 6.45) is 0.972. The first-order valence-corrected chi connectivity index (χ1v) is 7.59. The molecule has 0 nitrogen and oxygen atoms in total. The van der Waals surface area contributed by atoms with E-state index in [9.17, 15) is 4.39 Å². The molecule has 0 aliphatic heterocycles. The predicted octanol–water partition coefficient (Wildman–Crippen LogP) is 5.16. The van der Waals surface area contributed by atoms with Crippen molar-refractivity contribution in [2.75, 3.05) is 5.33 Å². The average Bonchev–Trinajstić information content (AvgIpc) is 2.36. The van der Waals surface area contributed by atoms with Crippen molar-refractivity contribution >= 4 is 15.9 Å². The van der Waals surface area contributed by atoms with Gasteiger partial charge in [0.05, 0.1) is 0 Å². The largest absolute Gasteiger partial charge is 0.207 e. The zero-order valence-corrected chi connectivity index (χ0v) is 12.9. The Morgan fingerprint density at radius 2 is 1.58 bits per heavy atom. The van der Waals surface area contributed by atoms with E-state index in [-0.39, 0.29) is 5.82 Å². The smallest absolute Gasteiger partial charge is 0.123 e. The lowest BCUT2D eigenvalue weighted by molar-refractivity contribution is 0.625. The van der Waals surface area contributed by atoms with E-state index in [1.807, 2.05) is 12.1 Å². The lowest BCUT2D eigenvalue weighted by atomic mass is 9.92. The summed E-state index contributed by atoms with van der Waals surface area (Å²) in [4.78, 5) is 0. The molecular weight excluding hydrogens is 303 g/mol. The standard InChI is InChI=1S/C17H18BrF/c1-12-7-13(2)9-14(8-12)10-16(11-18)15-3-5-17(19)6-4-15/h3-9,16H,10-11H2,1-2H3. The number of rotatable bonds is 4. The average molecular weight is 321 g/mol. The van der Waals surface area contributed by atoms with Crippen molar-refractivity contribution in [2.24, 2.45) is 0 Å². The Hall–Kier alpha value is -1.15. The van der Waals surface area contributed by atoms with Gasteiger partial charge in [-0.2, -0.15) is 0 Å². The molecule has 0 saturated heterocycles. The summed E-state index contributed by atoms with van der Waals surface area (Å²) in [6.45, 7) is 4.25. The lowest BCUT2D eigenvalue weighted by Crippen LogP contribution is -2.05. The highest BCUT2D eigenvalue weighted by Crippen LogP contribution is 2.24. The van der Waals surface area contributed by atoms with Crippen LogP contribution >= 0.6 is 15.9 Å².